The molecule has 0 saturated heterocycles. The van der Waals surface area contributed by atoms with Gasteiger partial charge in [-0.25, -0.2) is 0 Å². The first-order valence-electron chi connectivity index (χ1n) is 5.99. The molecule has 0 aromatic heterocycles. The average molecular weight is 300 g/mol. The van der Waals surface area contributed by atoms with E-state index in [0.29, 0.717) is 0 Å². The molecule has 2 rings (SSSR count). The van der Waals surface area contributed by atoms with E-state index in [9.17, 15) is 0 Å². The maximum absolute atomic E-state index is 9.10. The first-order valence-corrected chi connectivity index (χ1v) is 7.11. The fourth-order valence-electron chi connectivity index (χ4n) is 1.95. The van der Waals surface area contributed by atoms with Gasteiger partial charge in [0.25, 0.3) is 0 Å². The number of halogens is 1. The van der Waals surface area contributed by atoms with Crippen molar-refractivity contribution < 1.29 is 0 Å². The predicted molar refractivity (Wildman–Crippen MR) is 78.7 cm³/mol. The lowest BCUT2D eigenvalue weighted by atomic mass is 9.98. The summed E-state index contributed by atoms with van der Waals surface area (Å²) in [5.74, 6) is 0. The molecule has 0 aliphatic rings. The molecule has 0 spiro atoms. The van der Waals surface area contributed by atoms with Crippen LogP contribution in [0.15, 0.2) is 48.5 Å². The molecule has 0 radical (unpaired) electrons. The molecule has 0 aliphatic heterocycles. The van der Waals surface area contributed by atoms with Crippen LogP contribution in [0.5, 0.6) is 0 Å². The van der Waals surface area contributed by atoms with Gasteiger partial charge in [-0.2, -0.15) is 5.26 Å². The van der Waals surface area contributed by atoms with Gasteiger partial charge in [0.1, 0.15) is 0 Å². The highest BCUT2D eigenvalue weighted by molar-refractivity contribution is 9.09. The third kappa shape index (κ3) is 3.00. The lowest BCUT2D eigenvalue weighted by molar-refractivity contribution is 0.940. The van der Waals surface area contributed by atoms with Gasteiger partial charge >= 0.3 is 0 Å². The number of aryl methyl sites for hydroxylation is 1. The van der Waals surface area contributed by atoms with Crippen LogP contribution < -0.4 is 0 Å². The minimum absolute atomic E-state index is 0.728. The van der Waals surface area contributed by atoms with Gasteiger partial charge in [-0.05, 0) is 35.6 Å². The molecule has 0 amide bonds. The van der Waals surface area contributed by atoms with Crippen molar-refractivity contribution in [3.8, 4) is 17.2 Å². The molecule has 2 heteroatoms. The van der Waals surface area contributed by atoms with Crippen LogP contribution in [0.25, 0.3) is 11.1 Å². The van der Waals surface area contributed by atoms with Crippen molar-refractivity contribution >= 4 is 15.9 Å². The SMILES string of the molecule is N#Cc1ccccc1-c1ccc(CCCBr)cc1. The van der Waals surface area contributed by atoms with E-state index in [1.165, 1.54) is 5.56 Å². The first-order chi connectivity index (χ1) is 8.85. The highest BCUT2D eigenvalue weighted by Crippen LogP contribution is 2.23. The van der Waals surface area contributed by atoms with Crippen molar-refractivity contribution in [3.63, 3.8) is 0 Å². The maximum Gasteiger partial charge on any atom is 0.0998 e. The standard InChI is InChI=1S/C16H14BrN/c17-11-3-4-13-7-9-14(10-8-13)16-6-2-1-5-15(16)12-18/h1-2,5-10H,3-4,11H2. The number of rotatable bonds is 4. The molecule has 0 N–H and O–H groups in total. The zero-order valence-electron chi connectivity index (χ0n) is 10.1. The number of alkyl halides is 1. The van der Waals surface area contributed by atoms with Crippen LogP contribution in [0.1, 0.15) is 17.5 Å². The summed E-state index contributed by atoms with van der Waals surface area (Å²) < 4.78 is 0. The average Bonchev–Trinajstić information content (AvgIpc) is 2.45. The molecule has 0 atom stereocenters. The van der Waals surface area contributed by atoms with Gasteiger partial charge in [0.05, 0.1) is 11.6 Å². The molecular weight excluding hydrogens is 286 g/mol. The number of hydrogen-bond acceptors (Lipinski definition) is 1. The summed E-state index contributed by atoms with van der Waals surface area (Å²) in [5, 5.41) is 10.1. The van der Waals surface area contributed by atoms with Crippen LogP contribution >= 0.6 is 15.9 Å². The molecule has 2 aromatic carbocycles. The van der Waals surface area contributed by atoms with Gasteiger partial charge in [0, 0.05) is 5.33 Å². The monoisotopic (exact) mass is 299 g/mol. The van der Waals surface area contributed by atoms with Crippen LogP contribution in [-0.4, -0.2) is 5.33 Å². The van der Waals surface area contributed by atoms with E-state index in [0.717, 1.165) is 34.9 Å². The maximum atomic E-state index is 9.10. The Balaban J connectivity index is 2.27. The van der Waals surface area contributed by atoms with Crippen LogP contribution in [0.3, 0.4) is 0 Å². The van der Waals surface area contributed by atoms with Crippen LogP contribution in [0.2, 0.25) is 0 Å². The van der Waals surface area contributed by atoms with E-state index in [1.54, 1.807) is 0 Å². The molecule has 0 saturated carbocycles. The summed E-state index contributed by atoms with van der Waals surface area (Å²) in [6, 6.07) is 18.4. The summed E-state index contributed by atoms with van der Waals surface area (Å²) in [4.78, 5) is 0. The van der Waals surface area contributed by atoms with Gasteiger partial charge in [-0.15, -0.1) is 0 Å². The van der Waals surface area contributed by atoms with Crippen LogP contribution in [-0.2, 0) is 6.42 Å². The Morgan fingerprint density at radius 3 is 2.39 bits per heavy atom. The highest BCUT2D eigenvalue weighted by Gasteiger charge is 2.03. The van der Waals surface area contributed by atoms with E-state index in [2.05, 4.69) is 46.3 Å². The van der Waals surface area contributed by atoms with E-state index in [-0.39, 0.29) is 0 Å². The molecule has 0 aliphatic carbocycles. The van der Waals surface area contributed by atoms with Gasteiger partial charge < -0.3 is 0 Å². The van der Waals surface area contributed by atoms with Crippen molar-refractivity contribution in [2.75, 3.05) is 5.33 Å². The Morgan fingerprint density at radius 1 is 1.00 bits per heavy atom. The Hall–Kier alpha value is -1.59. The molecule has 0 fully saturated rings. The van der Waals surface area contributed by atoms with Crippen molar-refractivity contribution in [1.82, 2.24) is 0 Å². The summed E-state index contributed by atoms with van der Waals surface area (Å²) in [5.41, 5.74) is 4.18. The molecule has 0 unspecified atom stereocenters. The Morgan fingerprint density at radius 2 is 1.72 bits per heavy atom. The Labute approximate surface area is 116 Å². The molecule has 18 heavy (non-hydrogen) atoms. The van der Waals surface area contributed by atoms with E-state index in [4.69, 9.17) is 5.26 Å². The minimum Gasteiger partial charge on any atom is -0.192 e. The van der Waals surface area contributed by atoms with Crippen molar-refractivity contribution in [3.05, 3.63) is 59.7 Å². The number of hydrogen-bond donors (Lipinski definition) is 0. The number of benzene rings is 2. The van der Waals surface area contributed by atoms with Gasteiger partial charge in [0.15, 0.2) is 0 Å². The van der Waals surface area contributed by atoms with Crippen molar-refractivity contribution in [2.45, 2.75) is 12.8 Å². The molecule has 1 nitrogen and oxygen atoms in total. The van der Waals surface area contributed by atoms with Crippen LogP contribution in [0, 0.1) is 11.3 Å². The van der Waals surface area contributed by atoms with Gasteiger partial charge in [-0.3, -0.25) is 0 Å². The van der Waals surface area contributed by atoms with E-state index in [1.807, 2.05) is 24.3 Å². The lowest BCUT2D eigenvalue weighted by Crippen LogP contribution is -1.87. The third-order valence-corrected chi connectivity index (χ3v) is 3.47. The van der Waals surface area contributed by atoms with Gasteiger partial charge in [-0.1, -0.05) is 58.4 Å². The van der Waals surface area contributed by atoms with Gasteiger partial charge in [0.2, 0.25) is 0 Å². The molecule has 0 bridgehead atoms. The second kappa shape index (κ2) is 6.37. The molecule has 2 aromatic rings. The zero-order chi connectivity index (χ0) is 12.8. The molecule has 0 heterocycles. The highest BCUT2D eigenvalue weighted by atomic mass is 79.9. The Bertz CT molecular complexity index is 552. The summed E-state index contributed by atoms with van der Waals surface area (Å²) in [6.07, 6.45) is 2.24. The summed E-state index contributed by atoms with van der Waals surface area (Å²) in [7, 11) is 0. The van der Waals surface area contributed by atoms with Crippen LogP contribution in [0.4, 0.5) is 0 Å². The van der Waals surface area contributed by atoms with Crippen molar-refractivity contribution in [1.29, 1.82) is 5.26 Å². The zero-order valence-corrected chi connectivity index (χ0v) is 11.7. The molecular formula is C16H14BrN. The minimum atomic E-state index is 0.728. The fraction of sp³-hybridized carbons (Fsp3) is 0.188. The normalized spacial score (nSPS) is 10.0. The number of nitriles is 1. The summed E-state index contributed by atoms with van der Waals surface area (Å²) in [6.45, 7) is 0. The topological polar surface area (TPSA) is 23.8 Å². The Kier molecular flexibility index (Phi) is 4.55. The third-order valence-electron chi connectivity index (χ3n) is 2.91. The lowest BCUT2D eigenvalue weighted by Gasteiger charge is -2.05. The fourth-order valence-corrected chi connectivity index (χ4v) is 2.23. The number of nitrogens with zero attached hydrogens (tertiary/aromatic N) is 1. The smallest absolute Gasteiger partial charge is 0.0998 e. The van der Waals surface area contributed by atoms with E-state index < -0.39 is 0 Å². The second-order valence-electron chi connectivity index (χ2n) is 4.15. The first kappa shape index (κ1) is 12.9. The van der Waals surface area contributed by atoms with Crippen molar-refractivity contribution in [2.24, 2.45) is 0 Å². The second-order valence-corrected chi connectivity index (χ2v) is 4.94. The largest absolute Gasteiger partial charge is 0.192 e. The van der Waals surface area contributed by atoms with E-state index >= 15 is 0 Å². The predicted octanol–water partition coefficient (Wildman–Crippen LogP) is 4.55. The summed E-state index contributed by atoms with van der Waals surface area (Å²) >= 11 is 3.44. The molecule has 90 valence electrons. The quantitative estimate of drug-likeness (QED) is 0.760.